The first kappa shape index (κ1) is 9.53. The number of hydrogen-bond acceptors (Lipinski definition) is 1. The van der Waals surface area contributed by atoms with Crippen molar-refractivity contribution in [2.75, 3.05) is 0 Å². The molecule has 12 heavy (non-hydrogen) atoms. The van der Waals surface area contributed by atoms with Crippen LogP contribution in [0.15, 0.2) is 23.6 Å². The fourth-order valence-corrected chi connectivity index (χ4v) is 2.35. The van der Waals surface area contributed by atoms with Crippen LogP contribution >= 0.6 is 11.3 Å². The van der Waals surface area contributed by atoms with E-state index >= 15 is 0 Å². The number of allylic oxidation sites excluding steroid dienone is 2. The molecule has 0 saturated heterocycles. The molecule has 1 unspecified atom stereocenters. The summed E-state index contributed by atoms with van der Waals surface area (Å²) < 4.78 is 0. The van der Waals surface area contributed by atoms with Crippen LogP contribution in [0.1, 0.15) is 24.3 Å². The minimum Gasteiger partial charge on any atom is -0.149 e. The molecule has 0 amide bonds. The molecule has 0 N–H and O–H groups in total. The molecule has 0 aromatic carbocycles. The van der Waals surface area contributed by atoms with Crippen LogP contribution in [0.25, 0.3) is 0 Å². The van der Waals surface area contributed by atoms with Gasteiger partial charge in [0.25, 0.3) is 0 Å². The molecule has 1 aromatic rings. The second kappa shape index (κ2) is 4.46. The lowest BCUT2D eigenvalue weighted by molar-refractivity contribution is 0.729. The van der Waals surface area contributed by atoms with Crippen molar-refractivity contribution in [3.8, 4) is 0 Å². The van der Waals surface area contributed by atoms with Gasteiger partial charge in [-0.05, 0) is 43.2 Å². The predicted octanol–water partition coefficient (Wildman–Crippen LogP) is 3.81. The highest BCUT2D eigenvalue weighted by Gasteiger charge is 2.03. The SMILES string of the molecule is C/C=C\C(C)Cc1sccc1C. The molecule has 0 bridgehead atoms. The largest absolute Gasteiger partial charge is 0.149 e. The summed E-state index contributed by atoms with van der Waals surface area (Å²) in [6.45, 7) is 6.53. The molecule has 0 radical (unpaired) electrons. The van der Waals surface area contributed by atoms with Crippen molar-refractivity contribution >= 4 is 11.3 Å². The lowest BCUT2D eigenvalue weighted by Gasteiger charge is -2.04. The third-order valence-corrected chi connectivity index (χ3v) is 3.04. The summed E-state index contributed by atoms with van der Waals surface area (Å²) in [6, 6.07) is 2.20. The second-order valence-electron chi connectivity index (χ2n) is 3.23. The summed E-state index contributed by atoms with van der Waals surface area (Å²) in [7, 11) is 0. The monoisotopic (exact) mass is 180 g/mol. The van der Waals surface area contributed by atoms with Gasteiger partial charge < -0.3 is 0 Å². The molecule has 0 fully saturated rings. The number of aryl methyl sites for hydroxylation is 1. The minimum atomic E-state index is 0.673. The maximum absolute atomic E-state index is 2.26. The molecule has 0 saturated carbocycles. The highest BCUT2D eigenvalue weighted by Crippen LogP contribution is 2.19. The van der Waals surface area contributed by atoms with Gasteiger partial charge in [-0.1, -0.05) is 19.1 Å². The van der Waals surface area contributed by atoms with Gasteiger partial charge in [0.1, 0.15) is 0 Å². The van der Waals surface area contributed by atoms with Gasteiger partial charge in [-0.15, -0.1) is 11.3 Å². The Morgan fingerprint density at radius 2 is 2.33 bits per heavy atom. The maximum atomic E-state index is 2.26. The summed E-state index contributed by atoms with van der Waals surface area (Å²) in [4.78, 5) is 1.53. The van der Waals surface area contributed by atoms with Crippen molar-refractivity contribution in [1.82, 2.24) is 0 Å². The van der Waals surface area contributed by atoms with Crippen LogP contribution in [0.4, 0.5) is 0 Å². The first-order valence-corrected chi connectivity index (χ1v) is 5.27. The Bertz CT molecular complexity index is 258. The molecule has 0 nitrogen and oxygen atoms in total. The Morgan fingerprint density at radius 3 is 2.83 bits per heavy atom. The summed E-state index contributed by atoms with van der Waals surface area (Å²) in [5.41, 5.74) is 1.44. The summed E-state index contributed by atoms with van der Waals surface area (Å²) >= 11 is 1.87. The average molecular weight is 180 g/mol. The molecule has 1 heterocycles. The van der Waals surface area contributed by atoms with Crippen LogP contribution in [-0.2, 0) is 6.42 Å². The van der Waals surface area contributed by atoms with Gasteiger partial charge in [0.2, 0.25) is 0 Å². The quantitative estimate of drug-likeness (QED) is 0.620. The zero-order chi connectivity index (χ0) is 8.97. The molecule has 0 aliphatic heterocycles. The first-order valence-electron chi connectivity index (χ1n) is 4.40. The van der Waals surface area contributed by atoms with Crippen molar-refractivity contribution in [3.63, 3.8) is 0 Å². The fraction of sp³-hybridized carbons (Fsp3) is 0.455. The lowest BCUT2D eigenvalue weighted by Crippen LogP contribution is -1.94. The fourth-order valence-electron chi connectivity index (χ4n) is 1.30. The molecule has 1 aromatic heterocycles. The molecule has 0 spiro atoms. The Labute approximate surface area is 78.9 Å². The van der Waals surface area contributed by atoms with Gasteiger partial charge in [-0.3, -0.25) is 0 Å². The third-order valence-electron chi connectivity index (χ3n) is 2.00. The molecule has 0 aliphatic rings. The van der Waals surface area contributed by atoms with Crippen LogP contribution < -0.4 is 0 Å². The Balaban J connectivity index is 2.57. The van der Waals surface area contributed by atoms with Crippen LogP contribution in [0, 0.1) is 12.8 Å². The second-order valence-corrected chi connectivity index (χ2v) is 4.23. The highest BCUT2D eigenvalue weighted by atomic mass is 32.1. The van der Waals surface area contributed by atoms with E-state index in [0.29, 0.717) is 5.92 Å². The first-order chi connectivity index (χ1) is 5.74. The number of thiophene rings is 1. The van der Waals surface area contributed by atoms with Crippen molar-refractivity contribution < 1.29 is 0 Å². The minimum absolute atomic E-state index is 0.673. The summed E-state index contributed by atoms with van der Waals surface area (Å²) in [5, 5.41) is 2.17. The van der Waals surface area contributed by atoms with Gasteiger partial charge >= 0.3 is 0 Å². The lowest BCUT2D eigenvalue weighted by atomic mass is 10.0. The molecular weight excluding hydrogens is 164 g/mol. The topological polar surface area (TPSA) is 0 Å². The Morgan fingerprint density at radius 1 is 1.58 bits per heavy atom. The Kier molecular flexibility index (Phi) is 3.54. The van der Waals surface area contributed by atoms with Gasteiger partial charge in [0.05, 0.1) is 0 Å². The van der Waals surface area contributed by atoms with E-state index in [4.69, 9.17) is 0 Å². The van der Waals surface area contributed by atoms with Gasteiger partial charge in [0.15, 0.2) is 0 Å². The van der Waals surface area contributed by atoms with Crippen molar-refractivity contribution in [2.24, 2.45) is 5.92 Å². The van der Waals surface area contributed by atoms with Crippen LogP contribution in [0.2, 0.25) is 0 Å². The predicted molar refractivity (Wildman–Crippen MR) is 56.7 cm³/mol. The molecule has 1 rings (SSSR count). The van der Waals surface area contributed by atoms with Crippen LogP contribution in [0.3, 0.4) is 0 Å². The van der Waals surface area contributed by atoms with E-state index in [0.717, 1.165) is 0 Å². The average Bonchev–Trinajstić information content (AvgIpc) is 2.37. The standard InChI is InChI=1S/C11H16S/c1-4-5-9(2)8-11-10(3)6-7-12-11/h4-7,9H,8H2,1-3H3/b5-4-. The summed E-state index contributed by atoms with van der Waals surface area (Å²) in [6.07, 6.45) is 5.58. The molecular formula is C11H16S. The van der Waals surface area contributed by atoms with E-state index in [-0.39, 0.29) is 0 Å². The van der Waals surface area contributed by atoms with Crippen LogP contribution in [-0.4, -0.2) is 0 Å². The maximum Gasteiger partial charge on any atom is 0.00801 e. The summed E-state index contributed by atoms with van der Waals surface area (Å²) in [5.74, 6) is 0.673. The zero-order valence-electron chi connectivity index (χ0n) is 8.00. The molecule has 1 heteroatoms. The molecule has 66 valence electrons. The van der Waals surface area contributed by atoms with Crippen molar-refractivity contribution in [3.05, 3.63) is 34.0 Å². The molecule has 0 aliphatic carbocycles. The zero-order valence-corrected chi connectivity index (χ0v) is 8.82. The molecule has 1 atom stereocenters. The van der Waals surface area contributed by atoms with E-state index in [2.05, 4.69) is 44.4 Å². The Hall–Kier alpha value is -0.560. The highest BCUT2D eigenvalue weighted by molar-refractivity contribution is 7.10. The third kappa shape index (κ3) is 2.49. The van der Waals surface area contributed by atoms with Gasteiger partial charge in [0, 0.05) is 4.88 Å². The van der Waals surface area contributed by atoms with Crippen molar-refractivity contribution in [2.45, 2.75) is 27.2 Å². The van der Waals surface area contributed by atoms with Gasteiger partial charge in [-0.25, -0.2) is 0 Å². The van der Waals surface area contributed by atoms with E-state index < -0.39 is 0 Å². The van der Waals surface area contributed by atoms with E-state index in [1.807, 2.05) is 11.3 Å². The number of rotatable bonds is 3. The van der Waals surface area contributed by atoms with E-state index in [1.165, 1.54) is 16.9 Å². The van der Waals surface area contributed by atoms with Gasteiger partial charge in [-0.2, -0.15) is 0 Å². The van der Waals surface area contributed by atoms with Crippen LogP contribution in [0.5, 0.6) is 0 Å². The van der Waals surface area contributed by atoms with E-state index in [9.17, 15) is 0 Å². The normalized spacial score (nSPS) is 13.9. The van der Waals surface area contributed by atoms with E-state index in [1.54, 1.807) is 0 Å². The number of hydrogen-bond donors (Lipinski definition) is 0. The van der Waals surface area contributed by atoms with Crippen molar-refractivity contribution in [1.29, 1.82) is 0 Å². The smallest absolute Gasteiger partial charge is 0.00801 e.